The summed E-state index contributed by atoms with van der Waals surface area (Å²) in [5.74, 6) is 0.985. The summed E-state index contributed by atoms with van der Waals surface area (Å²) in [7, 11) is 4.16. The van der Waals surface area contributed by atoms with Crippen LogP contribution in [0.5, 0.6) is 0 Å². The van der Waals surface area contributed by atoms with Crippen molar-refractivity contribution in [2.45, 2.75) is 26.3 Å². The predicted molar refractivity (Wildman–Crippen MR) is 157 cm³/mol. The van der Waals surface area contributed by atoms with Crippen LogP contribution < -0.4 is 5.32 Å². The molecule has 2 N–H and O–H groups in total. The van der Waals surface area contributed by atoms with Gasteiger partial charge < -0.3 is 10.2 Å². The minimum absolute atomic E-state index is 0.273. The molecular weight excluding hydrogens is 489 g/mol. The maximum Gasteiger partial charge on any atom is 0.155 e. The molecule has 0 saturated heterocycles. The van der Waals surface area contributed by atoms with Gasteiger partial charge in [-0.2, -0.15) is 5.10 Å². The lowest BCUT2D eigenvalue weighted by atomic mass is 9.99. The van der Waals surface area contributed by atoms with Crippen molar-refractivity contribution in [2.75, 3.05) is 26.0 Å². The number of benzene rings is 1. The van der Waals surface area contributed by atoms with Gasteiger partial charge in [0, 0.05) is 22.7 Å². The summed E-state index contributed by atoms with van der Waals surface area (Å²) in [4.78, 5) is 16.2. The van der Waals surface area contributed by atoms with Gasteiger partial charge in [0.1, 0.15) is 17.3 Å². The Kier molecular flexibility index (Phi) is 7.74. The van der Waals surface area contributed by atoms with Crippen molar-refractivity contribution in [1.29, 1.82) is 0 Å². The number of halogens is 1. The minimum atomic E-state index is -0.273. The Morgan fingerprint density at radius 3 is 2.77 bits per heavy atom. The predicted octanol–water partition coefficient (Wildman–Crippen LogP) is 6.39. The van der Waals surface area contributed by atoms with E-state index in [0.717, 1.165) is 52.7 Å². The van der Waals surface area contributed by atoms with E-state index in [1.165, 1.54) is 11.6 Å². The second-order valence-corrected chi connectivity index (χ2v) is 9.72. The van der Waals surface area contributed by atoms with Gasteiger partial charge in [-0.15, -0.1) is 0 Å². The van der Waals surface area contributed by atoms with Crippen LogP contribution in [0, 0.1) is 5.82 Å². The third-order valence-electron chi connectivity index (χ3n) is 6.80. The van der Waals surface area contributed by atoms with E-state index in [9.17, 15) is 4.39 Å². The molecule has 7 nitrogen and oxygen atoms in total. The Balaban J connectivity index is 1.45. The molecule has 5 rings (SSSR count). The molecule has 1 aromatic carbocycles. The van der Waals surface area contributed by atoms with Gasteiger partial charge in [-0.3, -0.25) is 15.1 Å². The van der Waals surface area contributed by atoms with Crippen LogP contribution in [0.4, 0.5) is 10.2 Å². The number of aliphatic imine (C=N–C) groups is 1. The van der Waals surface area contributed by atoms with Gasteiger partial charge in [0.2, 0.25) is 0 Å². The molecule has 4 aromatic rings. The quantitative estimate of drug-likeness (QED) is 0.250. The van der Waals surface area contributed by atoms with Crippen LogP contribution in [0.25, 0.3) is 27.6 Å². The van der Waals surface area contributed by atoms with Crippen molar-refractivity contribution in [3.05, 3.63) is 102 Å². The molecule has 1 aliphatic rings. The molecular formula is C31H32FN7. The number of nitrogens with zero attached hydrogens (tertiary/aromatic N) is 5. The average Bonchev–Trinajstić information content (AvgIpc) is 3.38. The van der Waals surface area contributed by atoms with Gasteiger partial charge in [0.15, 0.2) is 5.84 Å². The van der Waals surface area contributed by atoms with E-state index >= 15 is 0 Å². The molecule has 3 aromatic heterocycles. The van der Waals surface area contributed by atoms with Crippen LogP contribution in [0.3, 0.4) is 0 Å². The Hall–Kier alpha value is -4.43. The molecule has 0 spiro atoms. The molecule has 39 heavy (non-hydrogen) atoms. The number of aromatic nitrogens is 4. The van der Waals surface area contributed by atoms with Crippen LogP contribution in [0.2, 0.25) is 0 Å². The largest absolute Gasteiger partial charge is 0.323 e. The molecule has 0 aliphatic carbocycles. The van der Waals surface area contributed by atoms with Crippen LogP contribution >= 0.6 is 0 Å². The summed E-state index contributed by atoms with van der Waals surface area (Å²) in [6.45, 7) is 7.40. The zero-order valence-corrected chi connectivity index (χ0v) is 22.5. The Morgan fingerprint density at radius 2 is 2.00 bits per heavy atom. The first-order valence-electron chi connectivity index (χ1n) is 13.0. The number of allylic oxidation sites excluding steroid dienone is 5. The highest BCUT2D eigenvalue weighted by Gasteiger charge is 2.22. The lowest BCUT2D eigenvalue weighted by Crippen LogP contribution is -2.21. The van der Waals surface area contributed by atoms with E-state index in [1.807, 2.05) is 31.2 Å². The Bertz CT molecular complexity index is 1610. The lowest BCUT2D eigenvalue weighted by molar-refractivity contribution is 0.400. The number of H-pyrrole nitrogens is 1. The highest BCUT2D eigenvalue weighted by Crippen LogP contribution is 2.33. The van der Waals surface area contributed by atoms with Crippen molar-refractivity contribution < 1.29 is 4.39 Å². The van der Waals surface area contributed by atoms with Gasteiger partial charge in [-0.05, 0) is 81.4 Å². The highest BCUT2D eigenvalue weighted by atomic mass is 19.1. The first-order chi connectivity index (χ1) is 19.0. The molecule has 0 atom stereocenters. The summed E-state index contributed by atoms with van der Waals surface area (Å²) in [6.07, 6.45) is 11.6. The molecule has 0 unspecified atom stereocenters. The maximum atomic E-state index is 14.5. The number of fused-ring (bicyclic) bond motifs is 2. The fourth-order valence-electron chi connectivity index (χ4n) is 4.73. The van der Waals surface area contributed by atoms with Crippen LogP contribution in [-0.4, -0.2) is 51.5 Å². The van der Waals surface area contributed by atoms with Gasteiger partial charge in [0.25, 0.3) is 0 Å². The zero-order valence-electron chi connectivity index (χ0n) is 22.5. The molecule has 0 fully saturated rings. The zero-order chi connectivity index (χ0) is 27.4. The van der Waals surface area contributed by atoms with Gasteiger partial charge in [-0.25, -0.2) is 9.37 Å². The van der Waals surface area contributed by atoms with E-state index in [1.54, 1.807) is 24.5 Å². The van der Waals surface area contributed by atoms with Gasteiger partial charge in [0.05, 0.1) is 24.0 Å². The second kappa shape index (κ2) is 11.5. The van der Waals surface area contributed by atoms with Crippen molar-refractivity contribution in [3.8, 4) is 11.1 Å². The van der Waals surface area contributed by atoms with Gasteiger partial charge >= 0.3 is 0 Å². The van der Waals surface area contributed by atoms with E-state index in [0.29, 0.717) is 29.5 Å². The molecule has 198 valence electrons. The van der Waals surface area contributed by atoms with E-state index < -0.39 is 0 Å². The SMILES string of the molecule is C=C/C(=C\C(=C/C)c1cc2c(C3=NCc4c(-c5ccccc5F)ccnc4N3)n[nH]c2cn1)CCCN(C)C. The molecule has 0 amide bonds. The maximum absolute atomic E-state index is 14.5. The number of hydrogen-bond donors (Lipinski definition) is 2. The van der Waals surface area contributed by atoms with Crippen molar-refractivity contribution in [3.63, 3.8) is 0 Å². The first-order valence-corrected chi connectivity index (χ1v) is 13.0. The normalized spacial score (nSPS) is 13.8. The summed E-state index contributed by atoms with van der Waals surface area (Å²) >= 11 is 0. The summed E-state index contributed by atoms with van der Waals surface area (Å²) in [5, 5.41) is 11.8. The third kappa shape index (κ3) is 5.56. The van der Waals surface area contributed by atoms with Crippen molar-refractivity contribution >= 4 is 28.1 Å². The number of anilines is 1. The van der Waals surface area contributed by atoms with E-state index in [4.69, 9.17) is 4.99 Å². The number of nitrogens with one attached hydrogen (secondary N) is 2. The average molecular weight is 522 g/mol. The van der Waals surface area contributed by atoms with Crippen molar-refractivity contribution in [1.82, 2.24) is 25.1 Å². The molecule has 1 aliphatic heterocycles. The molecule has 0 radical (unpaired) electrons. The summed E-state index contributed by atoms with van der Waals surface area (Å²) in [6, 6.07) is 10.6. The second-order valence-electron chi connectivity index (χ2n) is 9.72. The standard InChI is InChI=1S/C31H32FN7/c1-5-20(10-9-15-39(3)4)16-21(6-2)27-17-24-28(19-34-27)37-38-29(24)31-35-18-25-22(13-14-33-30(25)36-31)23-11-7-8-12-26(23)32/h5-8,11-14,16-17,19H,1,9-10,15,18H2,2-4H3,(H,37,38)(H,33,35,36)/b20-16+,21-6+. The fourth-order valence-corrected chi connectivity index (χ4v) is 4.73. The van der Waals surface area contributed by atoms with Crippen LogP contribution in [0.15, 0.2) is 84.2 Å². The van der Waals surface area contributed by atoms with Gasteiger partial charge in [-0.1, -0.05) is 36.9 Å². The summed E-state index contributed by atoms with van der Waals surface area (Å²) in [5.41, 5.74) is 6.69. The van der Waals surface area contributed by atoms with Crippen LogP contribution in [-0.2, 0) is 6.54 Å². The smallest absolute Gasteiger partial charge is 0.155 e. The fraction of sp³-hybridized carbons (Fsp3) is 0.226. The number of amidine groups is 1. The number of rotatable bonds is 9. The molecule has 8 heteroatoms. The number of aromatic amines is 1. The lowest BCUT2D eigenvalue weighted by Gasteiger charge is -2.19. The number of pyridine rings is 2. The number of hydrogen-bond acceptors (Lipinski definition) is 6. The van der Waals surface area contributed by atoms with Crippen LogP contribution in [0.1, 0.15) is 36.7 Å². The van der Waals surface area contributed by atoms with E-state index in [2.05, 4.69) is 63.2 Å². The Morgan fingerprint density at radius 1 is 1.15 bits per heavy atom. The molecule has 4 heterocycles. The monoisotopic (exact) mass is 521 g/mol. The van der Waals surface area contributed by atoms with Crippen molar-refractivity contribution in [2.24, 2.45) is 4.99 Å². The molecule has 0 bridgehead atoms. The van der Waals surface area contributed by atoms with E-state index in [-0.39, 0.29) is 5.82 Å². The minimum Gasteiger partial charge on any atom is -0.323 e. The topological polar surface area (TPSA) is 82.1 Å². The molecule has 0 saturated carbocycles. The Labute approximate surface area is 227 Å². The summed E-state index contributed by atoms with van der Waals surface area (Å²) < 4.78 is 14.5. The first kappa shape index (κ1) is 26.2. The third-order valence-corrected chi connectivity index (χ3v) is 6.80. The highest BCUT2D eigenvalue weighted by molar-refractivity contribution is 6.15.